The molecule has 3 nitrogen and oxygen atoms in total. The summed E-state index contributed by atoms with van der Waals surface area (Å²) < 4.78 is 1.05. The third kappa shape index (κ3) is 2.81. The second-order valence-electron chi connectivity index (χ2n) is 7.25. The summed E-state index contributed by atoms with van der Waals surface area (Å²) in [5.41, 5.74) is 6.94. The Morgan fingerprint density at radius 2 is 1.50 bits per heavy atom. The van der Waals surface area contributed by atoms with Gasteiger partial charge in [0.25, 0.3) is 0 Å². The van der Waals surface area contributed by atoms with E-state index in [1.54, 1.807) is 6.07 Å². The van der Waals surface area contributed by atoms with Crippen LogP contribution >= 0.6 is 15.9 Å². The fraction of sp³-hybridized carbons (Fsp3) is 0.0833. The third-order valence-electron chi connectivity index (χ3n) is 5.37. The Kier molecular flexibility index (Phi) is 4.02. The van der Waals surface area contributed by atoms with Gasteiger partial charge >= 0.3 is 0 Å². The highest BCUT2D eigenvalue weighted by Gasteiger charge is 2.23. The van der Waals surface area contributed by atoms with E-state index in [0.29, 0.717) is 0 Å². The number of aryl methyl sites for hydroxylation is 1. The van der Waals surface area contributed by atoms with Crippen LogP contribution in [0.25, 0.3) is 21.8 Å². The number of aromatic amines is 2. The monoisotopic (exact) mass is 430 g/mol. The van der Waals surface area contributed by atoms with Crippen LogP contribution in [0.3, 0.4) is 0 Å². The van der Waals surface area contributed by atoms with E-state index in [-0.39, 0.29) is 11.7 Å². The molecule has 1 atom stereocenters. The Balaban J connectivity index is 1.82. The summed E-state index contributed by atoms with van der Waals surface area (Å²) in [6.07, 6.45) is 4.17. The molecular weight excluding hydrogens is 412 g/mol. The molecule has 0 fully saturated rings. The molecule has 0 aliphatic rings. The molecule has 0 bridgehead atoms. The molecule has 3 aromatic carbocycles. The van der Waals surface area contributed by atoms with E-state index >= 15 is 0 Å². The number of nitrogens with one attached hydrogen (secondary N) is 2. The minimum atomic E-state index is 0.0311. The molecule has 0 radical (unpaired) electrons. The molecule has 2 aromatic heterocycles. The summed E-state index contributed by atoms with van der Waals surface area (Å²) in [5.74, 6) is 0.305. The molecule has 4 heteroatoms. The first-order valence-corrected chi connectivity index (χ1v) is 10.0. The van der Waals surface area contributed by atoms with Gasteiger partial charge in [-0.15, -0.1) is 0 Å². The van der Waals surface area contributed by atoms with Crippen molar-refractivity contribution in [1.82, 2.24) is 9.97 Å². The highest BCUT2D eigenvalue weighted by Crippen LogP contribution is 2.40. The lowest BCUT2D eigenvalue weighted by Crippen LogP contribution is -2.02. The fourth-order valence-corrected chi connectivity index (χ4v) is 4.49. The van der Waals surface area contributed by atoms with Gasteiger partial charge in [-0.25, -0.2) is 0 Å². The second-order valence-corrected chi connectivity index (χ2v) is 8.17. The first kappa shape index (κ1) is 17.1. The maximum absolute atomic E-state index is 10.1. The number of aromatic nitrogens is 2. The van der Waals surface area contributed by atoms with Gasteiger partial charge in [0.1, 0.15) is 5.75 Å². The van der Waals surface area contributed by atoms with Gasteiger partial charge in [0, 0.05) is 44.6 Å². The van der Waals surface area contributed by atoms with Gasteiger partial charge < -0.3 is 15.1 Å². The SMILES string of the molecule is Cc1ccc2[nH]cc(C(c3cccc(Br)c3)c3c[nH]c4ccc(O)cc34)c2c1. The Bertz CT molecular complexity index is 1230. The number of hydrogen-bond acceptors (Lipinski definition) is 1. The number of aromatic hydroxyl groups is 1. The van der Waals surface area contributed by atoms with Gasteiger partial charge in [-0.1, -0.05) is 39.7 Å². The zero-order chi connectivity index (χ0) is 19.3. The Labute approximate surface area is 171 Å². The largest absolute Gasteiger partial charge is 0.508 e. The highest BCUT2D eigenvalue weighted by atomic mass is 79.9. The van der Waals surface area contributed by atoms with Gasteiger partial charge in [-0.2, -0.15) is 0 Å². The van der Waals surface area contributed by atoms with Gasteiger partial charge in [-0.3, -0.25) is 0 Å². The van der Waals surface area contributed by atoms with Crippen LogP contribution in [-0.2, 0) is 0 Å². The van der Waals surface area contributed by atoms with Crippen LogP contribution in [0, 0.1) is 6.92 Å². The summed E-state index contributed by atoms with van der Waals surface area (Å²) in [4.78, 5) is 6.80. The predicted octanol–water partition coefficient (Wildman–Crippen LogP) is 6.61. The first-order valence-electron chi connectivity index (χ1n) is 9.23. The molecule has 0 saturated carbocycles. The lowest BCUT2D eigenvalue weighted by molar-refractivity contribution is 0.476. The van der Waals surface area contributed by atoms with Crippen LogP contribution in [0.15, 0.2) is 77.5 Å². The molecule has 28 heavy (non-hydrogen) atoms. The number of rotatable bonds is 3. The molecule has 5 aromatic rings. The van der Waals surface area contributed by atoms with Crippen LogP contribution in [0.4, 0.5) is 0 Å². The topological polar surface area (TPSA) is 51.8 Å². The van der Waals surface area contributed by atoms with Crippen molar-refractivity contribution in [3.8, 4) is 5.75 Å². The van der Waals surface area contributed by atoms with E-state index in [0.717, 1.165) is 26.5 Å². The Morgan fingerprint density at radius 3 is 2.21 bits per heavy atom. The molecule has 0 saturated heterocycles. The summed E-state index contributed by atoms with van der Waals surface area (Å²) in [5, 5.41) is 12.3. The minimum Gasteiger partial charge on any atom is -0.508 e. The number of hydrogen-bond donors (Lipinski definition) is 3. The standard InChI is InChI=1S/C24H19BrN2O/c1-14-5-7-22-18(9-14)20(12-26-22)24(15-3-2-4-16(25)10-15)21-13-27-23-8-6-17(28)11-19(21)23/h2-13,24,26-28H,1H3. The lowest BCUT2D eigenvalue weighted by Gasteiger charge is -2.18. The van der Waals surface area contributed by atoms with Crippen LogP contribution < -0.4 is 0 Å². The van der Waals surface area contributed by atoms with Crippen molar-refractivity contribution in [3.05, 3.63) is 99.8 Å². The Morgan fingerprint density at radius 1 is 0.821 bits per heavy atom. The molecule has 138 valence electrons. The minimum absolute atomic E-state index is 0.0311. The zero-order valence-corrected chi connectivity index (χ0v) is 16.9. The number of H-pyrrole nitrogens is 2. The summed E-state index contributed by atoms with van der Waals surface area (Å²) in [6.45, 7) is 2.12. The maximum atomic E-state index is 10.1. The molecule has 5 rings (SSSR count). The van der Waals surface area contributed by atoms with Crippen molar-refractivity contribution >= 4 is 37.7 Å². The lowest BCUT2D eigenvalue weighted by atomic mass is 9.84. The predicted molar refractivity (Wildman–Crippen MR) is 118 cm³/mol. The van der Waals surface area contributed by atoms with Crippen molar-refractivity contribution in [2.45, 2.75) is 12.8 Å². The molecule has 1 unspecified atom stereocenters. The van der Waals surface area contributed by atoms with Crippen LogP contribution in [0.1, 0.15) is 28.2 Å². The Hall–Kier alpha value is -2.98. The van der Waals surface area contributed by atoms with E-state index in [9.17, 15) is 5.11 Å². The number of fused-ring (bicyclic) bond motifs is 2. The average Bonchev–Trinajstić information content (AvgIpc) is 3.27. The molecule has 2 heterocycles. The quantitative estimate of drug-likeness (QED) is 0.296. The number of halogens is 1. The van der Waals surface area contributed by atoms with Crippen molar-refractivity contribution in [2.75, 3.05) is 0 Å². The van der Waals surface area contributed by atoms with Crippen molar-refractivity contribution in [1.29, 1.82) is 0 Å². The third-order valence-corrected chi connectivity index (χ3v) is 5.86. The molecule has 0 amide bonds. The second kappa shape index (κ2) is 6.57. The zero-order valence-electron chi connectivity index (χ0n) is 15.3. The van der Waals surface area contributed by atoms with E-state index < -0.39 is 0 Å². The van der Waals surface area contributed by atoms with Crippen LogP contribution in [0.2, 0.25) is 0 Å². The van der Waals surface area contributed by atoms with E-state index in [2.05, 4.69) is 81.6 Å². The van der Waals surface area contributed by atoms with E-state index in [1.165, 1.54) is 22.1 Å². The molecule has 3 N–H and O–H groups in total. The number of phenols is 1. The van der Waals surface area contributed by atoms with E-state index in [1.807, 2.05) is 18.2 Å². The first-order chi connectivity index (χ1) is 13.6. The van der Waals surface area contributed by atoms with Gasteiger partial charge in [0.05, 0.1) is 0 Å². The van der Waals surface area contributed by atoms with Crippen LogP contribution in [-0.4, -0.2) is 15.1 Å². The van der Waals surface area contributed by atoms with Crippen molar-refractivity contribution in [2.24, 2.45) is 0 Å². The number of phenolic OH excluding ortho intramolecular Hbond substituents is 1. The fourth-order valence-electron chi connectivity index (χ4n) is 4.08. The number of benzene rings is 3. The molecule has 0 spiro atoms. The summed E-state index contributed by atoms with van der Waals surface area (Å²) in [6, 6.07) is 20.4. The summed E-state index contributed by atoms with van der Waals surface area (Å²) >= 11 is 3.62. The maximum Gasteiger partial charge on any atom is 0.116 e. The smallest absolute Gasteiger partial charge is 0.116 e. The van der Waals surface area contributed by atoms with E-state index in [4.69, 9.17) is 0 Å². The normalized spacial score (nSPS) is 12.6. The molecular formula is C24H19BrN2O. The molecule has 0 aliphatic heterocycles. The van der Waals surface area contributed by atoms with Crippen molar-refractivity contribution < 1.29 is 5.11 Å². The van der Waals surface area contributed by atoms with Gasteiger partial charge in [-0.05, 0) is 66.1 Å². The highest BCUT2D eigenvalue weighted by molar-refractivity contribution is 9.10. The average molecular weight is 431 g/mol. The van der Waals surface area contributed by atoms with Gasteiger partial charge in [0.2, 0.25) is 0 Å². The van der Waals surface area contributed by atoms with Crippen molar-refractivity contribution in [3.63, 3.8) is 0 Å². The molecule has 0 aliphatic carbocycles. The summed E-state index contributed by atoms with van der Waals surface area (Å²) in [7, 11) is 0. The van der Waals surface area contributed by atoms with Gasteiger partial charge in [0.15, 0.2) is 0 Å². The van der Waals surface area contributed by atoms with Crippen LogP contribution in [0.5, 0.6) is 5.75 Å².